The molecule has 6 heteroatoms. The average Bonchev–Trinajstić information content (AvgIpc) is 2.05. The van der Waals surface area contributed by atoms with E-state index in [1.54, 1.807) is 0 Å². The first-order valence-electron chi connectivity index (χ1n) is 2.77. The summed E-state index contributed by atoms with van der Waals surface area (Å²) in [5, 5.41) is 27.0. The molecule has 1 aromatic heterocycles. The van der Waals surface area contributed by atoms with E-state index in [0.29, 0.717) is 0 Å². The van der Waals surface area contributed by atoms with Crippen LogP contribution in [0.15, 0.2) is 12.3 Å². The first-order chi connectivity index (χ1) is 5.22. The van der Waals surface area contributed by atoms with Crippen molar-refractivity contribution in [1.29, 1.82) is 0 Å². The van der Waals surface area contributed by atoms with E-state index in [1.165, 1.54) is 12.3 Å². The second kappa shape index (κ2) is 3.02. The van der Waals surface area contributed by atoms with E-state index >= 15 is 0 Å². The third-order valence-corrected chi connectivity index (χ3v) is 1.04. The number of aliphatic hydroxyl groups is 1. The van der Waals surface area contributed by atoms with Gasteiger partial charge in [0, 0.05) is 0 Å². The normalized spacial score (nSPS) is 12.5. The highest BCUT2D eigenvalue weighted by Gasteiger charge is 2.16. The zero-order valence-electron chi connectivity index (χ0n) is 5.38. The van der Waals surface area contributed by atoms with Crippen molar-refractivity contribution in [2.75, 3.05) is 0 Å². The maximum atomic E-state index is 10.2. The van der Waals surface area contributed by atoms with Gasteiger partial charge in [-0.15, -0.1) is 10.2 Å². The standard InChI is InChI=1S/C5H5N3O3/c9-4(5(10)11)3-1-2-6-8-7-3/h1-2,4,9H,(H,10,11). The predicted molar refractivity (Wildman–Crippen MR) is 32.4 cm³/mol. The second-order valence-corrected chi connectivity index (χ2v) is 1.79. The van der Waals surface area contributed by atoms with Crippen molar-refractivity contribution in [3.8, 4) is 0 Å². The van der Waals surface area contributed by atoms with Gasteiger partial charge in [0.15, 0.2) is 6.10 Å². The molecule has 11 heavy (non-hydrogen) atoms. The number of carbonyl (C=O) groups is 1. The molecular weight excluding hydrogens is 150 g/mol. The number of aromatic nitrogens is 3. The number of carboxylic acids is 1. The highest BCUT2D eigenvalue weighted by atomic mass is 16.4. The number of aliphatic hydroxyl groups excluding tert-OH is 1. The molecule has 0 radical (unpaired) electrons. The molecule has 0 aliphatic rings. The van der Waals surface area contributed by atoms with Crippen LogP contribution in [-0.4, -0.2) is 31.6 Å². The second-order valence-electron chi connectivity index (χ2n) is 1.79. The molecule has 58 valence electrons. The summed E-state index contributed by atoms with van der Waals surface area (Å²) >= 11 is 0. The number of hydrogen-bond donors (Lipinski definition) is 2. The number of hydrogen-bond acceptors (Lipinski definition) is 5. The van der Waals surface area contributed by atoms with Crippen LogP contribution in [0.5, 0.6) is 0 Å². The van der Waals surface area contributed by atoms with Gasteiger partial charge in [-0.3, -0.25) is 0 Å². The molecule has 2 N–H and O–H groups in total. The molecule has 0 saturated carbocycles. The van der Waals surface area contributed by atoms with Crippen molar-refractivity contribution in [1.82, 2.24) is 15.4 Å². The molecule has 1 heterocycles. The van der Waals surface area contributed by atoms with E-state index in [0.717, 1.165) is 0 Å². The Morgan fingerprint density at radius 3 is 2.82 bits per heavy atom. The molecule has 0 aromatic carbocycles. The van der Waals surface area contributed by atoms with Crippen LogP contribution in [0.25, 0.3) is 0 Å². The molecule has 0 aliphatic heterocycles. The van der Waals surface area contributed by atoms with Crippen LogP contribution >= 0.6 is 0 Å². The molecule has 6 nitrogen and oxygen atoms in total. The number of aliphatic carboxylic acids is 1. The summed E-state index contributed by atoms with van der Waals surface area (Å²) in [6.45, 7) is 0. The number of carboxylic acid groups (broad SMARTS) is 1. The number of rotatable bonds is 2. The summed E-state index contributed by atoms with van der Waals surface area (Å²) in [5.41, 5.74) is -0.0208. The summed E-state index contributed by atoms with van der Waals surface area (Å²) in [6, 6.07) is 1.28. The topological polar surface area (TPSA) is 96.2 Å². The van der Waals surface area contributed by atoms with E-state index < -0.39 is 12.1 Å². The summed E-state index contributed by atoms with van der Waals surface area (Å²) in [7, 11) is 0. The Balaban J connectivity index is 2.85. The monoisotopic (exact) mass is 155 g/mol. The fourth-order valence-electron chi connectivity index (χ4n) is 0.523. The van der Waals surface area contributed by atoms with Gasteiger partial charge < -0.3 is 10.2 Å². The summed E-state index contributed by atoms with van der Waals surface area (Å²) < 4.78 is 0. The summed E-state index contributed by atoms with van der Waals surface area (Å²) in [6.07, 6.45) is -0.361. The molecular formula is C5H5N3O3. The fourth-order valence-corrected chi connectivity index (χ4v) is 0.523. The van der Waals surface area contributed by atoms with Crippen molar-refractivity contribution in [2.45, 2.75) is 6.10 Å². The van der Waals surface area contributed by atoms with Gasteiger partial charge >= 0.3 is 5.97 Å². The Hall–Kier alpha value is -1.56. The van der Waals surface area contributed by atoms with E-state index in [4.69, 9.17) is 10.2 Å². The molecule has 1 unspecified atom stereocenters. The minimum Gasteiger partial charge on any atom is -0.479 e. The van der Waals surface area contributed by atoms with Crippen LogP contribution in [0.2, 0.25) is 0 Å². The van der Waals surface area contributed by atoms with Gasteiger partial charge in [-0.25, -0.2) is 4.79 Å². The van der Waals surface area contributed by atoms with Crippen molar-refractivity contribution < 1.29 is 15.0 Å². The van der Waals surface area contributed by atoms with Crippen LogP contribution in [-0.2, 0) is 4.79 Å². The van der Waals surface area contributed by atoms with E-state index in [2.05, 4.69) is 15.4 Å². The predicted octanol–water partition coefficient (Wildman–Crippen LogP) is -1.01. The van der Waals surface area contributed by atoms with Crippen LogP contribution in [0, 0.1) is 0 Å². The maximum absolute atomic E-state index is 10.2. The van der Waals surface area contributed by atoms with Crippen molar-refractivity contribution in [3.05, 3.63) is 18.0 Å². The summed E-state index contributed by atoms with van der Waals surface area (Å²) in [4.78, 5) is 10.2. The molecule has 0 fully saturated rings. The third-order valence-electron chi connectivity index (χ3n) is 1.04. The summed E-state index contributed by atoms with van der Waals surface area (Å²) in [5.74, 6) is -1.36. The van der Waals surface area contributed by atoms with E-state index in [9.17, 15) is 4.79 Å². The van der Waals surface area contributed by atoms with Crippen LogP contribution < -0.4 is 0 Å². The lowest BCUT2D eigenvalue weighted by atomic mass is 10.2. The Morgan fingerprint density at radius 2 is 2.36 bits per heavy atom. The van der Waals surface area contributed by atoms with E-state index in [1.807, 2.05) is 0 Å². The lowest BCUT2D eigenvalue weighted by Gasteiger charge is -2.00. The van der Waals surface area contributed by atoms with Gasteiger partial charge in [-0.1, -0.05) is 0 Å². The van der Waals surface area contributed by atoms with Crippen molar-refractivity contribution in [3.63, 3.8) is 0 Å². The Bertz CT molecular complexity index is 250. The van der Waals surface area contributed by atoms with Gasteiger partial charge in [0.2, 0.25) is 0 Å². The molecule has 0 amide bonds. The molecule has 0 aliphatic carbocycles. The smallest absolute Gasteiger partial charge is 0.338 e. The van der Waals surface area contributed by atoms with Gasteiger partial charge in [-0.05, 0) is 11.3 Å². The molecule has 1 aromatic rings. The zero-order valence-corrected chi connectivity index (χ0v) is 5.38. The molecule has 0 spiro atoms. The SMILES string of the molecule is O=C(O)C(O)c1ccnnn1. The van der Waals surface area contributed by atoms with Crippen LogP contribution in [0.1, 0.15) is 11.8 Å². The van der Waals surface area contributed by atoms with Gasteiger partial charge in [0.05, 0.1) is 6.20 Å². The Labute approximate surface area is 61.5 Å². The first-order valence-corrected chi connectivity index (χ1v) is 2.77. The first kappa shape index (κ1) is 7.55. The maximum Gasteiger partial charge on any atom is 0.338 e. The fraction of sp³-hybridized carbons (Fsp3) is 0.200. The van der Waals surface area contributed by atoms with Crippen molar-refractivity contribution >= 4 is 5.97 Å². The lowest BCUT2D eigenvalue weighted by Crippen LogP contribution is -2.12. The highest BCUT2D eigenvalue weighted by molar-refractivity contribution is 5.73. The van der Waals surface area contributed by atoms with E-state index in [-0.39, 0.29) is 5.69 Å². The highest BCUT2D eigenvalue weighted by Crippen LogP contribution is 2.05. The van der Waals surface area contributed by atoms with Crippen LogP contribution in [0.3, 0.4) is 0 Å². The average molecular weight is 155 g/mol. The molecule has 1 rings (SSSR count). The van der Waals surface area contributed by atoms with Gasteiger partial charge in [-0.2, -0.15) is 0 Å². The molecule has 0 bridgehead atoms. The molecule has 1 atom stereocenters. The van der Waals surface area contributed by atoms with Crippen molar-refractivity contribution in [2.24, 2.45) is 0 Å². The minimum atomic E-state index is -1.62. The Kier molecular flexibility index (Phi) is 2.07. The van der Waals surface area contributed by atoms with Crippen LogP contribution in [0.4, 0.5) is 0 Å². The molecule has 0 saturated heterocycles. The largest absolute Gasteiger partial charge is 0.479 e. The Morgan fingerprint density at radius 1 is 1.64 bits per heavy atom. The van der Waals surface area contributed by atoms with Gasteiger partial charge in [0.25, 0.3) is 0 Å². The quantitative estimate of drug-likeness (QED) is 0.568. The minimum absolute atomic E-state index is 0.0208. The van der Waals surface area contributed by atoms with Gasteiger partial charge in [0.1, 0.15) is 5.69 Å². The zero-order chi connectivity index (χ0) is 8.27. The third kappa shape index (κ3) is 1.68. The number of nitrogens with zero attached hydrogens (tertiary/aromatic N) is 3. The lowest BCUT2D eigenvalue weighted by molar-refractivity contribution is -0.147.